The van der Waals surface area contributed by atoms with E-state index in [4.69, 9.17) is 17.3 Å². The molecule has 3 rings (SSSR count). The summed E-state index contributed by atoms with van der Waals surface area (Å²) in [6, 6.07) is 7.60. The van der Waals surface area contributed by atoms with E-state index in [0.29, 0.717) is 0 Å². The fourth-order valence-electron chi connectivity index (χ4n) is 2.36. The van der Waals surface area contributed by atoms with Gasteiger partial charge in [0.2, 0.25) is 0 Å². The molecule has 0 aliphatic heterocycles. The van der Waals surface area contributed by atoms with Crippen LogP contribution in [-0.4, -0.2) is 9.78 Å². The van der Waals surface area contributed by atoms with Gasteiger partial charge in [0.1, 0.15) is 5.82 Å². The SMILES string of the molecule is Nc1c2c(nn1-c1ccc(Cl)cc1)CCCC2. The second-order valence-electron chi connectivity index (χ2n) is 4.41. The predicted octanol–water partition coefficient (Wildman–Crippen LogP) is 2.99. The lowest BCUT2D eigenvalue weighted by Gasteiger charge is -2.08. The van der Waals surface area contributed by atoms with E-state index in [1.807, 2.05) is 28.9 Å². The van der Waals surface area contributed by atoms with Crippen LogP contribution in [0.25, 0.3) is 5.69 Å². The van der Waals surface area contributed by atoms with Crippen LogP contribution in [0.3, 0.4) is 0 Å². The molecule has 4 heteroatoms. The van der Waals surface area contributed by atoms with E-state index < -0.39 is 0 Å². The van der Waals surface area contributed by atoms with Gasteiger partial charge in [-0.2, -0.15) is 5.10 Å². The lowest BCUT2D eigenvalue weighted by Crippen LogP contribution is -2.03. The number of anilines is 1. The third-order valence-corrected chi connectivity index (χ3v) is 3.52. The number of benzene rings is 1. The van der Waals surface area contributed by atoms with Gasteiger partial charge in [0.15, 0.2) is 0 Å². The summed E-state index contributed by atoms with van der Waals surface area (Å²) in [5.74, 6) is 0.780. The summed E-state index contributed by atoms with van der Waals surface area (Å²) in [4.78, 5) is 0. The van der Waals surface area contributed by atoms with Gasteiger partial charge >= 0.3 is 0 Å². The van der Waals surface area contributed by atoms with Crippen LogP contribution in [0.15, 0.2) is 24.3 Å². The highest BCUT2D eigenvalue weighted by atomic mass is 35.5. The first-order valence-corrected chi connectivity index (χ1v) is 6.25. The van der Waals surface area contributed by atoms with Crippen LogP contribution < -0.4 is 5.73 Å². The van der Waals surface area contributed by atoms with Gasteiger partial charge in [-0.3, -0.25) is 0 Å². The minimum atomic E-state index is 0.726. The largest absolute Gasteiger partial charge is 0.383 e. The van der Waals surface area contributed by atoms with Gasteiger partial charge in [-0.05, 0) is 49.9 Å². The van der Waals surface area contributed by atoms with Crippen molar-refractivity contribution >= 4 is 17.4 Å². The van der Waals surface area contributed by atoms with Gasteiger partial charge in [-0.25, -0.2) is 4.68 Å². The zero-order valence-corrected chi connectivity index (χ0v) is 10.2. The van der Waals surface area contributed by atoms with Gasteiger partial charge < -0.3 is 5.73 Å². The zero-order chi connectivity index (χ0) is 11.8. The molecule has 0 spiro atoms. The van der Waals surface area contributed by atoms with Gasteiger partial charge in [0.05, 0.1) is 11.4 Å². The Balaban J connectivity index is 2.09. The zero-order valence-electron chi connectivity index (χ0n) is 9.49. The Morgan fingerprint density at radius 2 is 1.82 bits per heavy atom. The van der Waals surface area contributed by atoms with Crippen LogP contribution in [0, 0.1) is 0 Å². The molecule has 0 amide bonds. The molecular weight excluding hydrogens is 234 g/mol. The Kier molecular flexibility index (Phi) is 2.56. The van der Waals surface area contributed by atoms with Crippen molar-refractivity contribution in [1.29, 1.82) is 0 Å². The van der Waals surface area contributed by atoms with E-state index in [9.17, 15) is 0 Å². The summed E-state index contributed by atoms with van der Waals surface area (Å²) in [5.41, 5.74) is 9.52. The van der Waals surface area contributed by atoms with Crippen LogP contribution in [0.1, 0.15) is 24.1 Å². The van der Waals surface area contributed by atoms with Crippen LogP contribution in [-0.2, 0) is 12.8 Å². The summed E-state index contributed by atoms with van der Waals surface area (Å²) in [7, 11) is 0. The Morgan fingerprint density at radius 3 is 2.53 bits per heavy atom. The standard InChI is InChI=1S/C13H14ClN3/c14-9-5-7-10(8-6-9)17-13(15)11-3-1-2-4-12(11)16-17/h5-8H,1-4,15H2. The number of nitrogens with two attached hydrogens (primary N) is 1. The maximum absolute atomic E-state index is 6.16. The van der Waals surface area contributed by atoms with Crippen molar-refractivity contribution in [3.63, 3.8) is 0 Å². The van der Waals surface area contributed by atoms with E-state index in [0.717, 1.165) is 35.1 Å². The summed E-state index contributed by atoms with van der Waals surface area (Å²) >= 11 is 5.88. The number of hydrogen-bond acceptors (Lipinski definition) is 2. The Bertz CT molecular complexity index is 543. The van der Waals surface area contributed by atoms with Crippen LogP contribution >= 0.6 is 11.6 Å². The Labute approximate surface area is 105 Å². The minimum Gasteiger partial charge on any atom is -0.383 e. The van der Waals surface area contributed by atoms with Crippen molar-refractivity contribution in [1.82, 2.24) is 9.78 Å². The number of fused-ring (bicyclic) bond motifs is 1. The molecule has 1 aliphatic carbocycles. The van der Waals surface area contributed by atoms with Crippen LogP contribution in [0.2, 0.25) is 5.02 Å². The van der Waals surface area contributed by atoms with E-state index in [1.165, 1.54) is 18.4 Å². The third kappa shape index (κ3) is 1.80. The summed E-state index contributed by atoms with van der Waals surface area (Å²) in [6.07, 6.45) is 4.52. The molecule has 0 saturated carbocycles. The average molecular weight is 248 g/mol. The molecule has 0 unspecified atom stereocenters. The molecule has 1 aliphatic rings. The first-order chi connectivity index (χ1) is 8.25. The number of halogens is 1. The summed E-state index contributed by atoms with van der Waals surface area (Å²) < 4.78 is 1.83. The molecule has 2 aromatic rings. The molecule has 0 fully saturated rings. The van der Waals surface area contributed by atoms with Crippen molar-refractivity contribution in [3.8, 4) is 5.69 Å². The number of hydrogen-bond donors (Lipinski definition) is 1. The number of nitrogen functional groups attached to an aromatic ring is 1. The predicted molar refractivity (Wildman–Crippen MR) is 69.6 cm³/mol. The van der Waals surface area contributed by atoms with Crippen molar-refractivity contribution in [2.45, 2.75) is 25.7 Å². The van der Waals surface area contributed by atoms with E-state index in [1.54, 1.807) is 0 Å². The van der Waals surface area contributed by atoms with Crippen LogP contribution in [0.4, 0.5) is 5.82 Å². The van der Waals surface area contributed by atoms with Crippen LogP contribution in [0.5, 0.6) is 0 Å². The molecule has 0 atom stereocenters. The first-order valence-electron chi connectivity index (χ1n) is 5.88. The van der Waals surface area contributed by atoms with E-state index >= 15 is 0 Å². The quantitative estimate of drug-likeness (QED) is 0.842. The van der Waals surface area contributed by atoms with Gasteiger partial charge in [0.25, 0.3) is 0 Å². The first kappa shape index (κ1) is 10.7. The second-order valence-corrected chi connectivity index (χ2v) is 4.84. The monoisotopic (exact) mass is 247 g/mol. The molecule has 0 bridgehead atoms. The Morgan fingerprint density at radius 1 is 1.12 bits per heavy atom. The number of aryl methyl sites for hydroxylation is 1. The Hall–Kier alpha value is -1.48. The molecule has 0 radical (unpaired) electrons. The highest BCUT2D eigenvalue weighted by molar-refractivity contribution is 6.30. The fourth-order valence-corrected chi connectivity index (χ4v) is 2.48. The number of nitrogens with zero attached hydrogens (tertiary/aromatic N) is 2. The summed E-state index contributed by atoms with van der Waals surface area (Å²) in [5, 5.41) is 5.32. The average Bonchev–Trinajstić information content (AvgIpc) is 2.69. The maximum atomic E-state index is 6.16. The molecule has 1 heterocycles. The number of rotatable bonds is 1. The van der Waals surface area contributed by atoms with Crippen molar-refractivity contribution < 1.29 is 0 Å². The molecule has 1 aromatic heterocycles. The lowest BCUT2D eigenvalue weighted by molar-refractivity contribution is 0.671. The van der Waals surface area contributed by atoms with Gasteiger partial charge in [-0.15, -0.1) is 0 Å². The van der Waals surface area contributed by atoms with Crippen molar-refractivity contribution in [2.24, 2.45) is 0 Å². The summed E-state index contributed by atoms with van der Waals surface area (Å²) in [6.45, 7) is 0. The topological polar surface area (TPSA) is 43.8 Å². The lowest BCUT2D eigenvalue weighted by atomic mass is 9.98. The fraction of sp³-hybridized carbons (Fsp3) is 0.308. The highest BCUT2D eigenvalue weighted by Crippen LogP contribution is 2.28. The molecule has 0 saturated heterocycles. The normalized spacial score (nSPS) is 14.6. The molecule has 17 heavy (non-hydrogen) atoms. The molecule has 2 N–H and O–H groups in total. The van der Waals surface area contributed by atoms with E-state index in [-0.39, 0.29) is 0 Å². The molecule has 3 nitrogen and oxygen atoms in total. The molecule has 88 valence electrons. The third-order valence-electron chi connectivity index (χ3n) is 3.27. The van der Waals surface area contributed by atoms with Crippen molar-refractivity contribution in [2.75, 3.05) is 5.73 Å². The van der Waals surface area contributed by atoms with Gasteiger partial charge in [0, 0.05) is 10.6 Å². The smallest absolute Gasteiger partial charge is 0.130 e. The maximum Gasteiger partial charge on any atom is 0.130 e. The highest BCUT2D eigenvalue weighted by Gasteiger charge is 2.19. The van der Waals surface area contributed by atoms with E-state index in [2.05, 4.69) is 5.10 Å². The van der Waals surface area contributed by atoms with Crippen molar-refractivity contribution in [3.05, 3.63) is 40.5 Å². The van der Waals surface area contributed by atoms with Gasteiger partial charge in [-0.1, -0.05) is 11.6 Å². The number of aromatic nitrogens is 2. The minimum absolute atomic E-state index is 0.726. The molecule has 1 aromatic carbocycles. The molecular formula is C13H14ClN3. The second kappa shape index (κ2) is 4.08.